The third-order valence-corrected chi connectivity index (χ3v) is 3.95. The summed E-state index contributed by atoms with van der Waals surface area (Å²) in [5.41, 5.74) is 0.979. The molecule has 5 nitrogen and oxygen atoms in total. The van der Waals surface area contributed by atoms with E-state index in [1.807, 2.05) is 6.07 Å². The summed E-state index contributed by atoms with van der Waals surface area (Å²) in [5.74, 6) is -1.79. The van der Waals surface area contributed by atoms with E-state index in [9.17, 15) is 18.4 Å². The molecule has 0 saturated carbocycles. The van der Waals surface area contributed by atoms with E-state index in [2.05, 4.69) is 10.3 Å². The number of carbonyl (C=O) groups excluding carboxylic acids is 1. The zero-order chi connectivity index (χ0) is 18.7. The summed E-state index contributed by atoms with van der Waals surface area (Å²) in [6, 6.07) is 10.1. The Kier molecular flexibility index (Phi) is 4.97. The second kappa shape index (κ2) is 7.35. The van der Waals surface area contributed by atoms with Gasteiger partial charge in [-0.15, -0.1) is 0 Å². The van der Waals surface area contributed by atoms with E-state index < -0.39 is 17.5 Å². The number of hydrogen-bond donors (Lipinski definition) is 2. The fourth-order valence-corrected chi connectivity index (χ4v) is 2.58. The molecule has 26 heavy (non-hydrogen) atoms. The fourth-order valence-electron chi connectivity index (χ4n) is 2.58. The summed E-state index contributed by atoms with van der Waals surface area (Å²) >= 11 is 0. The minimum Gasteiger partial charge on any atom is -0.497 e. The molecule has 1 aromatic heterocycles. The molecular formula is C19H16F2N2O3. The maximum Gasteiger partial charge on any atom is 0.251 e. The first kappa shape index (κ1) is 17.6. The topological polar surface area (TPSA) is 71.2 Å². The van der Waals surface area contributed by atoms with Gasteiger partial charge in [-0.2, -0.15) is 0 Å². The summed E-state index contributed by atoms with van der Waals surface area (Å²) in [4.78, 5) is 26.9. The number of hydrogen-bond acceptors (Lipinski definition) is 3. The number of anilines is 1. The van der Waals surface area contributed by atoms with Gasteiger partial charge in [-0.25, -0.2) is 8.78 Å². The van der Waals surface area contributed by atoms with Crippen LogP contribution in [0.4, 0.5) is 14.5 Å². The molecule has 1 amide bonds. The molecule has 7 heteroatoms. The Morgan fingerprint density at radius 2 is 1.92 bits per heavy atom. The average Bonchev–Trinajstić information content (AvgIpc) is 2.62. The third-order valence-electron chi connectivity index (χ3n) is 3.95. The van der Waals surface area contributed by atoms with Crippen LogP contribution in [0.2, 0.25) is 0 Å². The van der Waals surface area contributed by atoms with Gasteiger partial charge < -0.3 is 15.0 Å². The minimum atomic E-state index is -1.04. The summed E-state index contributed by atoms with van der Waals surface area (Å²) in [5, 5.41) is 3.30. The molecule has 0 unspecified atom stereocenters. The quantitative estimate of drug-likeness (QED) is 0.734. The molecule has 0 fully saturated rings. The Morgan fingerprint density at radius 1 is 1.12 bits per heavy atom. The number of halogens is 2. The molecule has 3 aromatic rings. The van der Waals surface area contributed by atoms with Gasteiger partial charge in [0, 0.05) is 29.8 Å². The Balaban J connectivity index is 1.70. The van der Waals surface area contributed by atoms with Crippen LogP contribution in [0.1, 0.15) is 12.0 Å². The van der Waals surface area contributed by atoms with E-state index in [1.165, 1.54) is 6.07 Å². The zero-order valence-electron chi connectivity index (χ0n) is 13.9. The number of fused-ring (bicyclic) bond motifs is 1. The number of methoxy groups -OCH3 is 1. The van der Waals surface area contributed by atoms with Gasteiger partial charge in [0.25, 0.3) is 5.56 Å². The molecular weight excluding hydrogens is 342 g/mol. The highest BCUT2D eigenvalue weighted by atomic mass is 19.2. The normalized spacial score (nSPS) is 10.7. The Bertz CT molecular complexity index is 1030. The first-order valence-electron chi connectivity index (χ1n) is 7.91. The number of pyridine rings is 1. The standard InChI is InChI=1S/C19H16F2N2O3/c1-26-14-5-2-11-8-12(19(25)23-17(11)10-14)3-7-18(24)22-13-4-6-15(20)16(21)9-13/h2,4-6,8-10H,3,7H2,1H3,(H,22,24)(H,23,25). The fraction of sp³-hybridized carbons (Fsp3) is 0.158. The van der Waals surface area contributed by atoms with E-state index in [4.69, 9.17) is 4.74 Å². The van der Waals surface area contributed by atoms with Crippen LogP contribution in [0, 0.1) is 11.6 Å². The predicted octanol–water partition coefficient (Wildman–Crippen LogP) is 3.39. The molecule has 3 rings (SSSR count). The third kappa shape index (κ3) is 3.88. The van der Waals surface area contributed by atoms with Crippen LogP contribution in [-0.4, -0.2) is 18.0 Å². The van der Waals surface area contributed by atoms with Gasteiger partial charge in [0.2, 0.25) is 5.91 Å². The Labute approximate surface area is 147 Å². The molecule has 0 aliphatic rings. The van der Waals surface area contributed by atoms with Crippen LogP contribution in [0.3, 0.4) is 0 Å². The molecule has 0 radical (unpaired) electrons. The molecule has 2 N–H and O–H groups in total. The van der Waals surface area contributed by atoms with E-state index in [0.717, 1.165) is 17.5 Å². The molecule has 0 aliphatic heterocycles. The number of ether oxygens (including phenoxy) is 1. The van der Waals surface area contributed by atoms with Crippen molar-refractivity contribution in [1.29, 1.82) is 0 Å². The molecule has 0 saturated heterocycles. The Hall–Kier alpha value is -3.22. The van der Waals surface area contributed by atoms with Crippen molar-refractivity contribution in [3.05, 3.63) is 70.0 Å². The van der Waals surface area contributed by atoms with Crippen molar-refractivity contribution in [1.82, 2.24) is 4.98 Å². The maximum absolute atomic E-state index is 13.2. The van der Waals surface area contributed by atoms with Crippen molar-refractivity contribution in [3.63, 3.8) is 0 Å². The first-order chi connectivity index (χ1) is 12.5. The van der Waals surface area contributed by atoms with Gasteiger partial charge in [0.05, 0.1) is 12.6 Å². The first-order valence-corrected chi connectivity index (χ1v) is 7.91. The molecule has 2 aromatic carbocycles. The van der Waals surface area contributed by atoms with Gasteiger partial charge in [0.15, 0.2) is 11.6 Å². The maximum atomic E-state index is 13.2. The molecule has 0 aliphatic carbocycles. The van der Waals surface area contributed by atoms with Crippen LogP contribution in [0.5, 0.6) is 5.75 Å². The molecule has 0 bridgehead atoms. The van der Waals surface area contributed by atoms with E-state index in [-0.39, 0.29) is 24.1 Å². The van der Waals surface area contributed by atoms with Crippen LogP contribution in [-0.2, 0) is 11.2 Å². The lowest BCUT2D eigenvalue weighted by Crippen LogP contribution is -2.17. The van der Waals surface area contributed by atoms with Crippen LogP contribution < -0.4 is 15.6 Å². The highest BCUT2D eigenvalue weighted by molar-refractivity contribution is 5.91. The molecule has 1 heterocycles. The van der Waals surface area contributed by atoms with Crippen molar-refractivity contribution >= 4 is 22.5 Å². The zero-order valence-corrected chi connectivity index (χ0v) is 13.9. The number of aromatic amines is 1. The number of aromatic nitrogens is 1. The van der Waals surface area contributed by atoms with Gasteiger partial charge >= 0.3 is 0 Å². The molecule has 0 spiro atoms. The van der Waals surface area contributed by atoms with Gasteiger partial charge in [-0.3, -0.25) is 9.59 Å². The number of amides is 1. The number of benzene rings is 2. The molecule has 134 valence electrons. The number of nitrogens with one attached hydrogen (secondary N) is 2. The second-order valence-corrected chi connectivity index (χ2v) is 5.75. The van der Waals surface area contributed by atoms with E-state index >= 15 is 0 Å². The average molecular weight is 358 g/mol. The minimum absolute atomic E-state index is 0.0315. The largest absolute Gasteiger partial charge is 0.497 e. The highest BCUT2D eigenvalue weighted by Gasteiger charge is 2.09. The van der Waals surface area contributed by atoms with Crippen LogP contribution in [0.15, 0.2) is 47.3 Å². The number of H-pyrrole nitrogens is 1. The number of rotatable bonds is 5. The van der Waals surface area contributed by atoms with Crippen molar-refractivity contribution in [3.8, 4) is 5.75 Å². The smallest absolute Gasteiger partial charge is 0.251 e. The monoisotopic (exact) mass is 358 g/mol. The van der Waals surface area contributed by atoms with Gasteiger partial charge in [-0.05, 0) is 42.1 Å². The van der Waals surface area contributed by atoms with Crippen molar-refractivity contribution < 1.29 is 18.3 Å². The van der Waals surface area contributed by atoms with Gasteiger partial charge in [0.1, 0.15) is 5.75 Å². The van der Waals surface area contributed by atoms with E-state index in [1.54, 1.807) is 25.3 Å². The summed E-state index contributed by atoms with van der Waals surface area (Å²) < 4.78 is 31.2. The number of carbonyl (C=O) groups is 1. The SMILES string of the molecule is COc1ccc2cc(CCC(=O)Nc3ccc(F)c(F)c3)c(=O)[nH]c2c1. The van der Waals surface area contributed by atoms with Crippen LogP contribution >= 0.6 is 0 Å². The second-order valence-electron chi connectivity index (χ2n) is 5.75. The van der Waals surface area contributed by atoms with E-state index in [0.29, 0.717) is 16.8 Å². The lowest BCUT2D eigenvalue weighted by atomic mass is 10.1. The van der Waals surface area contributed by atoms with Crippen molar-refractivity contribution in [2.75, 3.05) is 12.4 Å². The lowest BCUT2D eigenvalue weighted by molar-refractivity contribution is -0.116. The number of aryl methyl sites for hydroxylation is 1. The summed E-state index contributed by atoms with van der Waals surface area (Å²) in [6.45, 7) is 0. The Morgan fingerprint density at radius 3 is 2.65 bits per heavy atom. The van der Waals surface area contributed by atoms with Gasteiger partial charge in [-0.1, -0.05) is 0 Å². The summed E-state index contributed by atoms with van der Waals surface area (Å²) in [7, 11) is 1.54. The lowest BCUT2D eigenvalue weighted by Gasteiger charge is -2.07. The summed E-state index contributed by atoms with van der Waals surface area (Å²) in [6.07, 6.45) is 0.247. The van der Waals surface area contributed by atoms with Crippen molar-refractivity contribution in [2.24, 2.45) is 0 Å². The van der Waals surface area contributed by atoms with Crippen molar-refractivity contribution in [2.45, 2.75) is 12.8 Å². The predicted molar refractivity (Wildman–Crippen MR) is 94.4 cm³/mol. The molecule has 0 atom stereocenters. The van der Waals surface area contributed by atoms with Crippen LogP contribution in [0.25, 0.3) is 10.9 Å². The highest BCUT2D eigenvalue weighted by Crippen LogP contribution is 2.19.